The number of rotatable bonds is 4. The second-order valence-electron chi connectivity index (χ2n) is 4.11. The molecule has 3 nitrogen and oxygen atoms in total. The number of amides is 1. The zero-order valence-electron chi connectivity index (χ0n) is 10.1. The first-order valence-electron chi connectivity index (χ1n) is 5.38. The van der Waals surface area contributed by atoms with E-state index in [4.69, 9.17) is 18.0 Å². The Hall–Kier alpha value is -1.01. The fraction of sp³-hybridized carbons (Fsp3) is 0.333. The number of carbonyl (C=O) groups is 1. The third kappa shape index (κ3) is 3.05. The molecule has 1 atom stereocenters. The van der Waals surface area contributed by atoms with Crippen LogP contribution in [0.15, 0.2) is 22.7 Å². The third-order valence-corrected chi connectivity index (χ3v) is 3.90. The average Bonchev–Trinajstić information content (AvgIpc) is 2.32. The van der Waals surface area contributed by atoms with Crippen LogP contribution in [0.25, 0.3) is 0 Å². The molecule has 0 aliphatic carbocycles. The molecule has 0 aliphatic rings. The van der Waals surface area contributed by atoms with E-state index in [2.05, 4.69) is 21.2 Å². The maximum absolute atomic E-state index is 13.8. The van der Waals surface area contributed by atoms with E-state index in [-0.39, 0.29) is 15.0 Å². The van der Waals surface area contributed by atoms with Crippen molar-refractivity contribution < 1.29 is 9.18 Å². The highest BCUT2D eigenvalue weighted by Gasteiger charge is 2.29. The molecule has 0 spiro atoms. The molecule has 1 amide bonds. The van der Waals surface area contributed by atoms with Gasteiger partial charge in [-0.05, 0) is 41.4 Å². The molecule has 6 heteroatoms. The molecule has 1 unspecified atom stereocenters. The van der Waals surface area contributed by atoms with Crippen molar-refractivity contribution in [3.63, 3.8) is 0 Å². The summed E-state index contributed by atoms with van der Waals surface area (Å²) >= 11 is 7.95. The van der Waals surface area contributed by atoms with Gasteiger partial charge >= 0.3 is 0 Å². The fourth-order valence-corrected chi connectivity index (χ4v) is 1.88. The lowest BCUT2D eigenvalue weighted by atomic mass is 9.98. The lowest BCUT2D eigenvalue weighted by molar-refractivity contribution is 0.0922. The van der Waals surface area contributed by atoms with Gasteiger partial charge < -0.3 is 11.1 Å². The summed E-state index contributed by atoms with van der Waals surface area (Å²) < 4.78 is 14.0. The summed E-state index contributed by atoms with van der Waals surface area (Å²) in [6.07, 6.45) is 0.531. The van der Waals surface area contributed by atoms with Gasteiger partial charge in [0.15, 0.2) is 0 Å². The summed E-state index contributed by atoms with van der Waals surface area (Å²) in [5.74, 6) is -1.14. The van der Waals surface area contributed by atoms with E-state index >= 15 is 0 Å². The predicted molar refractivity (Wildman–Crippen MR) is 77.0 cm³/mol. The minimum Gasteiger partial charge on any atom is -0.391 e. The van der Waals surface area contributed by atoms with Gasteiger partial charge in [-0.25, -0.2) is 4.39 Å². The van der Waals surface area contributed by atoms with Crippen LogP contribution < -0.4 is 11.1 Å². The maximum atomic E-state index is 13.8. The summed E-state index contributed by atoms with van der Waals surface area (Å²) in [6, 6.07) is 4.52. The van der Waals surface area contributed by atoms with Crippen LogP contribution in [0.2, 0.25) is 0 Å². The van der Waals surface area contributed by atoms with Crippen LogP contribution in [0.1, 0.15) is 30.6 Å². The van der Waals surface area contributed by atoms with Crippen molar-refractivity contribution >= 4 is 39.0 Å². The Labute approximate surface area is 119 Å². The zero-order valence-corrected chi connectivity index (χ0v) is 12.5. The molecule has 0 aromatic heterocycles. The van der Waals surface area contributed by atoms with Crippen LogP contribution in [0.4, 0.5) is 4.39 Å². The first-order valence-corrected chi connectivity index (χ1v) is 6.58. The van der Waals surface area contributed by atoms with Crippen LogP contribution in [0.5, 0.6) is 0 Å². The molecular weight excluding hydrogens is 319 g/mol. The van der Waals surface area contributed by atoms with E-state index in [1.165, 1.54) is 12.1 Å². The van der Waals surface area contributed by atoms with Crippen molar-refractivity contribution in [2.75, 3.05) is 0 Å². The van der Waals surface area contributed by atoms with Crippen molar-refractivity contribution in [2.45, 2.75) is 25.8 Å². The van der Waals surface area contributed by atoms with Crippen molar-refractivity contribution in [1.82, 2.24) is 5.32 Å². The molecule has 18 heavy (non-hydrogen) atoms. The first kappa shape index (κ1) is 15.0. The Morgan fingerprint density at radius 1 is 1.61 bits per heavy atom. The lowest BCUT2D eigenvalue weighted by Gasteiger charge is -2.28. The second kappa shape index (κ2) is 5.75. The summed E-state index contributed by atoms with van der Waals surface area (Å²) in [7, 11) is 0. The average molecular weight is 333 g/mol. The SMILES string of the molecule is CCC(C)(NC(=O)c1cccc(Br)c1F)C(N)=S. The molecule has 98 valence electrons. The Bertz CT molecular complexity index is 495. The van der Waals surface area contributed by atoms with E-state index in [1.54, 1.807) is 13.0 Å². The van der Waals surface area contributed by atoms with Gasteiger partial charge in [-0.15, -0.1) is 0 Å². The van der Waals surface area contributed by atoms with Gasteiger partial charge in [0.25, 0.3) is 5.91 Å². The maximum Gasteiger partial charge on any atom is 0.255 e. The number of hydrogen-bond donors (Lipinski definition) is 2. The van der Waals surface area contributed by atoms with E-state index in [0.717, 1.165) is 0 Å². The van der Waals surface area contributed by atoms with Crippen molar-refractivity contribution in [3.8, 4) is 0 Å². The molecular formula is C12H14BrFN2OS. The number of thiocarbonyl (C=S) groups is 1. The molecule has 0 saturated heterocycles. The molecule has 0 fully saturated rings. The largest absolute Gasteiger partial charge is 0.391 e. The summed E-state index contributed by atoms with van der Waals surface area (Å²) in [5, 5.41) is 2.66. The molecule has 0 radical (unpaired) electrons. The topological polar surface area (TPSA) is 55.1 Å². The summed E-state index contributed by atoms with van der Waals surface area (Å²) in [5.41, 5.74) is 4.73. The number of nitrogens with two attached hydrogens (primary N) is 1. The normalized spacial score (nSPS) is 13.8. The van der Waals surface area contributed by atoms with Crippen LogP contribution in [0.3, 0.4) is 0 Å². The van der Waals surface area contributed by atoms with Gasteiger partial charge in [0.1, 0.15) is 5.82 Å². The van der Waals surface area contributed by atoms with E-state index in [1.807, 2.05) is 6.92 Å². The van der Waals surface area contributed by atoms with E-state index < -0.39 is 17.3 Å². The van der Waals surface area contributed by atoms with Crippen molar-refractivity contribution in [3.05, 3.63) is 34.1 Å². The molecule has 0 heterocycles. The molecule has 3 N–H and O–H groups in total. The fourth-order valence-electron chi connectivity index (χ4n) is 1.32. The first-order chi connectivity index (χ1) is 8.31. The summed E-state index contributed by atoms with van der Waals surface area (Å²) in [6.45, 7) is 3.56. The van der Waals surface area contributed by atoms with Crippen LogP contribution >= 0.6 is 28.1 Å². The lowest BCUT2D eigenvalue weighted by Crippen LogP contribution is -2.54. The van der Waals surface area contributed by atoms with E-state index in [9.17, 15) is 9.18 Å². The third-order valence-electron chi connectivity index (χ3n) is 2.84. The minimum atomic E-state index is -0.818. The van der Waals surface area contributed by atoms with Gasteiger partial charge in [0.05, 0.1) is 20.6 Å². The van der Waals surface area contributed by atoms with Gasteiger partial charge in [-0.3, -0.25) is 4.79 Å². The standard InChI is InChI=1S/C12H14BrFN2OS/c1-3-12(2,11(15)18)16-10(17)7-5-4-6-8(13)9(7)14/h4-6H,3H2,1-2H3,(H2,15,18)(H,16,17). The van der Waals surface area contributed by atoms with Gasteiger partial charge in [0, 0.05) is 0 Å². The van der Waals surface area contributed by atoms with Crippen LogP contribution in [-0.2, 0) is 0 Å². The Morgan fingerprint density at radius 3 is 2.72 bits per heavy atom. The smallest absolute Gasteiger partial charge is 0.255 e. The Kier molecular flexibility index (Phi) is 4.81. The Balaban J connectivity index is 3.02. The van der Waals surface area contributed by atoms with Crippen molar-refractivity contribution in [2.24, 2.45) is 5.73 Å². The number of nitrogens with one attached hydrogen (secondary N) is 1. The number of hydrogen-bond acceptors (Lipinski definition) is 2. The molecule has 1 rings (SSSR count). The molecule has 1 aromatic rings. The minimum absolute atomic E-state index is 0.0414. The Morgan fingerprint density at radius 2 is 2.22 bits per heavy atom. The van der Waals surface area contributed by atoms with Crippen LogP contribution in [0, 0.1) is 5.82 Å². The quantitative estimate of drug-likeness (QED) is 0.833. The summed E-state index contributed by atoms with van der Waals surface area (Å²) in [4.78, 5) is 12.2. The molecule has 0 bridgehead atoms. The van der Waals surface area contributed by atoms with Gasteiger partial charge in [-0.1, -0.05) is 25.2 Å². The van der Waals surface area contributed by atoms with Crippen molar-refractivity contribution in [1.29, 1.82) is 0 Å². The number of benzene rings is 1. The zero-order chi connectivity index (χ0) is 13.9. The molecule has 1 aromatic carbocycles. The molecule has 0 saturated carbocycles. The van der Waals surface area contributed by atoms with Gasteiger partial charge in [-0.2, -0.15) is 0 Å². The number of halogens is 2. The van der Waals surface area contributed by atoms with Crippen LogP contribution in [-0.4, -0.2) is 16.4 Å². The predicted octanol–water partition coefficient (Wildman–Crippen LogP) is 2.77. The highest BCUT2D eigenvalue weighted by molar-refractivity contribution is 9.10. The highest BCUT2D eigenvalue weighted by Crippen LogP contribution is 2.19. The highest BCUT2D eigenvalue weighted by atomic mass is 79.9. The number of carbonyl (C=O) groups excluding carboxylic acids is 1. The van der Waals surface area contributed by atoms with Gasteiger partial charge in [0.2, 0.25) is 0 Å². The monoisotopic (exact) mass is 332 g/mol. The second-order valence-corrected chi connectivity index (χ2v) is 5.40. The molecule has 0 aliphatic heterocycles. The van der Waals surface area contributed by atoms with E-state index in [0.29, 0.717) is 6.42 Å².